The number of nitrogens with one attached hydrogen (secondary N) is 1. The first-order valence-electron chi connectivity index (χ1n) is 10.0. The molecule has 0 saturated heterocycles. The maximum Gasteiger partial charge on any atom is 0.226 e. The van der Waals surface area contributed by atoms with Gasteiger partial charge in [-0.3, -0.25) is 14.8 Å². The number of benzene rings is 1. The summed E-state index contributed by atoms with van der Waals surface area (Å²) in [5, 5.41) is 11.8. The molecule has 1 aliphatic heterocycles. The zero-order chi connectivity index (χ0) is 22.5. The standard InChI is InChI=1S/C24H20FN5O2/c1-32-14-22(15-2-5-18(25)6-3-15)30-23(31)9-20-8-17-12-29-24(21(17)13-28-20)16-4-7-19(10-26)27-11-16/h2-8,11,13,22H,9,12,14H2,1H3,(H,30,31)/t22-/m1/s1. The second kappa shape index (κ2) is 9.45. The van der Waals surface area contributed by atoms with E-state index < -0.39 is 0 Å². The first-order valence-corrected chi connectivity index (χ1v) is 10.0. The summed E-state index contributed by atoms with van der Waals surface area (Å²) in [6.07, 6.45) is 3.44. The van der Waals surface area contributed by atoms with Gasteiger partial charge in [-0.05, 0) is 41.5 Å². The van der Waals surface area contributed by atoms with Crippen LogP contribution in [-0.2, 0) is 22.5 Å². The van der Waals surface area contributed by atoms with Crippen molar-refractivity contribution in [2.45, 2.75) is 19.0 Å². The van der Waals surface area contributed by atoms with Gasteiger partial charge in [-0.2, -0.15) is 5.26 Å². The number of halogens is 1. The highest BCUT2D eigenvalue weighted by molar-refractivity contribution is 6.14. The van der Waals surface area contributed by atoms with E-state index in [0.29, 0.717) is 17.9 Å². The molecular formula is C24H20FN5O2. The van der Waals surface area contributed by atoms with E-state index in [-0.39, 0.29) is 30.8 Å². The van der Waals surface area contributed by atoms with Crippen LogP contribution in [0.15, 0.2) is 59.9 Å². The molecule has 0 bridgehead atoms. The van der Waals surface area contributed by atoms with Crippen molar-refractivity contribution in [1.29, 1.82) is 5.26 Å². The Morgan fingerprint density at radius 3 is 2.72 bits per heavy atom. The number of carbonyl (C=O) groups is 1. The molecule has 3 aromatic rings. The van der Waals surface area contributed by atoms with Gasteiger partial charge in [0.15, 0.2) is 0 Å². The fraction of sp³-hybridized carbons (Fsp3) is 0.208. The molecule has 0 unspecified atom stereocenters. The van der Waals surface area contributed by atoms with E-state index in [0.717, 1.165) is 28.0 Å². The van der Waals surface area contributed by atoms with Crippen molar-refractivity contribution in [2.24, 2.45) is 4.99 Å². The molecule has 0 fully saturated rings. The Hall–Kier alpha value is -3.96. The predicted molar refractivity (Wildman–Crippen MR) is 115 cm³/mol. The van der Waals surface area contributed by atoms with Gasteiger partial charge in [-0.25, -0.2) is 9.37 Å². The summed E-state index contributed by atoms with van der Waals surface area (Å²) in [6, 6.07) is 12.9. The lowest BCUT2D eigenvalue weighted by Crippen LogP contribution is -2.32. The van der Waals surface area contributed by atoms with Crippen molar-refractivity contribution >= 4 is 11.6 Å². The van der Waals surface area contributed by atoms with Crippen LogP contribution >= 0.6 is 0 Å². The van der Waals surface area contributed by atoms with Gasteiger partial charge >= 0.3 is 0 Å². The minimum absolute atomic E-state index is 0.0996. The molecule has 4 rings (SSSR count). The maximum absolute atomic E-state index is 13.2. The fourth-order valence-electron chi connectivity index (χ4n) is 3.58. The van der Waals surface area contributed by atoms with E-state index >= 15 is 0 Å². The van der Waals surface area contributed by atoms with Gasteiger partial charge in [0.2, 0.25) is 5.91 Å². The van der Waals surface area contributed by atoms with Crippen LogP contribution in [-0.4, -0.2) is 35.3 Å². The van der Waals surface area contributed by atoms with Crippen LogP contribution in [0.1, 0.15) is 39.7 Å². The summed E-state index contributed by atoms with van der Waals surface area (Å²) in [5.41, 5.74) is 5.20. The topological polar surface area (TPSA) is 100 Å². The van der Waals surface area contributed by atoms with Crippen LogP contribution in [0.5, 0.6) is 0 Å². The number of nitriles is 1. The second-order valence-corrected chi connectivity index (χ2v) is 7.35. The molecule has 8 heteroatoms. The van der Waals surface area contributed by atoms with Crippen molar-refractivity contribution in [3.63, 3.8) is 0 Å². The quantitative estimate of drug-likeness (QED) is 0.623. The van der Waals surface area contributed by atoms with E-state index in [1.165, 1.54) is 12.1 Å². The molecule has 3 heterocycles. The van der Waals surface area contributed by atoms with Gasteiger partial charge in [0.05, 0.1) is 37.0 Å². The van der Waals surface area contributed by atoms with Crippen molar-refractivity contribution in [3.8, 4) is 6.07 Å². The molecule has 160 valence electrons. The van der Waals surface area contributed by atoms with Crippen LogP contribution in [0.3, 0.4) is 0 Å². The van der Waals surface area contributed by atoms with Gasteiger partial charge in [0.1, 0.15) is 17.6 Å². The Kier molecular flexibility index (Phi) is 6.29. The summed E-state index contributed by atoms with van der Waals surface area (Å²) in [4.78, 5) is 25.8. The Morgan fingerprint density at radius 2 is 2.03 bits per heavy atom. The zero-order valence-electron chi connectivity index (χ0n) is 17.4. The van der Waals surface area contributed by atoms with Gasteiger partial charge in [0.25, 0.3) is 0 Å². The molecule has 0 saturated carbocycles. The Morgan fingerprint density at radius 1 is 1.22 bits per heavy atom. The monoisotopic (exact) mass is 429 g/mol. The number of methoxy groups -OCH3 is 1. The molecule has 32 heavy (non-hydrogen) atoms. The highest BCUT2D eigenvalue weighted by atomic mass is 19.1. The van der Waals surface area contributed by atoms with Crippen LogP contribution < -0.4 is 5.32 Å². The number of nitrogens with zero attached hydrogens (tertiary/aromatic N) is 4. The first kappa shape index (κ1) is 21.3. The Balaban J connectivity index is 1.44. The van der Waals surface area contributed by atoms with E-state index in [1.54, 1.807) is 37.7 Å². The summed E-state index contributed by atoms with van der Waals surface area (Å²) in [5.74, 6) is -0.545. The molecule has 2 aromatic heterocycles. The van der Waals surface area contributed by atoms with Crippen LogP contribution in [0.4, 0.5) is 4.39 Å². The van der Waals surface area contributed by atoms with Crippen LogP contribution in [0.2, 0.25) is 0 Å². The third-order valence-corrected chi connectivity index (χ3v) is 5.14. The number of ether oxygens (including phenoxy) is 1. The van der Waals surface area contributed by atoms with Gasteiger partial charge in [0, 0.05) is 30.6 Å². The van der Waals surface area contributed by atoms with Gasteiger partial charge < -0.3 is 10.1 Å². The third-order valence-electron chi connectivity index (χ3n) is 5.14. The molecule has 0 spiro atoms. The summed E-state index contributed by atoms with van der Waals surface area (Å²) in [6.45, 7) is 0.758. The van der Waals surface area contributed by atoms with Crippen LogP contribution in [0.25, 0.3) is 0 Å². The lowest BCUT2D eigenvalue weighted by Gasteiger charge is -2.18. The van der Waals surface area contributed by atoms with Crippen LogP contribution in [0, 0.1) is 17.1 Å². The molecule has 1 atom stereocenters. The number of carbonyl (C=O) groups excluding carboxylic acids is 1. The number of pyridine rings is 2. The van der Waals surface area contributed by atoms with Crippen molar-refractivity contribution in [2.75, 3.05) is 13.7 Å². The molecule has 0 aliphatic carbocycles. The number of amides is 1. The average molecular weight is 429 g/mol. The fourth-order valence-corrected chi connectivity index (χ4v) is 3.58. The van der Waals surface area contributed by atoms with E-state index in [2.05, 4.69) is 20.3 Å². The number of aliphatic imine (C=N–C) groups is 1. The van der Waals surface area contributed by atoms with Gasteiger partial charge in [-0.1, -0.05) is 12.1 Å². The van der Waals surface area contributed by atoms with E-state index in [4.69, 9.17) is 10.00 Å². The highest BCUT2D eigenvalue weighted by Gasteiger charge is 2.20. The summed E-state index contributed by atoms with van der Waals surface area (Å²) < 4.78 is 18.4. The minimum atomic E-state index is -0.388. The predicted octanol–water partition coefficient (Wildman–Crippen LogP) is 2.88. The number of hydrogen-bond donors (Lipinski definition) is 1. The summed E-state index contributed by atoms with van der Waals surface area (Å²) in [7, 11) is 1.55. The molecule has 1 amide bonds. The molecule has 7 nitrogen and oxygen atoms in total. The molecule has 1 aromatic carbocycles. The first-order chi connectivity index (χ1) is 15.6. The Bertz CT molecular complexity index is 1200. The van der Waals surface area contributed by atoms with Gasteiger partial charge in [-0.15, -0.1) is 0 Å². The minimum Gasteiger partial charge on any atom is -0.382 e. The molecule has 1 N–H and O–H groups in total. The zero-order valence-corrected chi connectivity index (χ0v) is 17.4. The van der Waals surface area contributed by atoms with E-state index in [9.17, 15) is 9.18 Å². The number of fused-ring (bicyclic) bond motifs is 1. The van der Waals surface area contributed by atoms with Crippen molar-refractivity contribution < 1.29 is 13.9 Å². The SMILES string of the molecule is COC[C@@H](NC(=O)Cc1cc2c(cn1)C(c1ccc(C#N)nc1)=NC2)c1ccc(F)cc1. The average Bonchev–Trinajstić information content (AvgIpc) is 3.22. The lowest BCUT2D eigenvalue weighted by molar-refractivity contribution is -0.121. The smallest absolute Gasteiger partial charge is 0.226 e. The number of hydrogen-bond acceptors (Lipinski definition) is 6. The number of rotatable bonds is 7. The second-order valence-electron chi connectivity index (χ2n) is 7.35. The third kappa shape index (κ3) is 4.68. The molecular weight excluding hydrogens is 409 g/mol. The normalized spacial score (nSPS) is 13.1. The maximum atomic E-state index is 13.2. The largest absolute Gasteiger partial charge is 0.382 e. The number of aromatic nitrogens is 2. The highest BCUT2D eigenvalue weighted by Crippen LogP contribution is 2.23. The summed E-state index contributed by atoms with van der Waals surface area (Å²) >= 11 is 0. The molecule has 1 aliphatic rings. The lowest BCUT2D eigenvalue weighted by atomic mass is 10.0. The van der Waals surface area contributed by atoms with Crippen molar-refractivity contribution in [3.05, 3.63) is 94.3 Å². The molecule has 0 radical (unpaired) electrons. The van der Waals surface area contributed by atoms with Crippen molar-refractivity contribution in [1.82, 2.24) is 15.3 Å². The Labute approximate surface area is 184 Å². The van der Waals surface area contributed by atoms with E-state index in [1.807, 2.05) is 18.2 Å².